The van der Waals surface area contributed by atoms with E-state index in [4.69, 9.17) is 20.8 Å². The Morgan fingerprint density at radius 3 is 2.88 bits per heavy atom. The Hall–Kier alpha value is -3.75. The van der Waals surface area contributed by atoms with Crippen LogP contribution in [0.4, 0.5) is 5.69 Å². The number of benzene rings is 2. The van der Waals surface area contributed by atoms with Crippen molar-refractivity contribution in [3.8, 4) is 0 Å². The molecule has 0 unspecified atom stereocenters. The number of hydrogen-bond donors (Lipinski definition) is 1. The fourth-order valence-corrected chi connectivity index (χ4v) is 4.66. The minimum atomic E-state index is -0.520. The van der Waals surface area contributed by atoms with Gasteiger partial charge in [-0.2, -0.15) is 0 Å². The van der Waals surface area contributed by atoms with E-state index in [1.165, 1.54) is 18.9 Å². The van der Waals surface area contributed by atoms with Crippen LogP contribution in [0.1, 0.15) is 21.9 Å². The number of amidine groups is 1. The lowest BCUT2D eigenvalue weighted by atomic mass is 10.1. The second-order valence-electron chi connectivity index (χ2n) is 7.45. The van der Waals surface area contributed by atoms with Gasteiger partial charge in [-0.1, -0.05) is 35.9 Å². The van der Waals surface area contributed by atoms with Crippen LogP contribution in [0.25, 0.3) is 17.0 Å². The monoisotopic (exact) mass is 491 g/mol. The van der Waals surface area contributed by atoms with E-state index in [0.29, 0.717) is 33.1 Å². The minimum Gasteiger partial charge on any atom is -0.463 e. The van der Waals surface area contributed by atoms with Gasteiger partial charge in [-0.25, -0.2) is 9.79 Å². The van der Waals surface area contributed by atoms with Crippen LogP contribution >= 0.6 is 23.4 Å². The van der Waals surface area contributed by atoms with Crippen LogP contribution in [0.5, 0.6) is 0 Å². The van der Waals surface area contributed by atoms with Crippen molar-refractivity contribution in [3.05, 3.63) is 93.9 Å². The summed E-state index contributed by atoms with van der Waals surface area (Å²) >= 11 is 7.30. The molecule has 0 spiro atoms. The lowest BCUT2D eigenvalue weighted by Crippen LogP contribution is -2.19. The molecule has 1 aliphatic rings. The van der Waals surface area contributed by atoms with Crippen LogP contribution in [0.2, 0.25) is 5.02 Å². The molecule has 0 bridgehead atoms. The molecule has 170 valence electrons. The van der Waals surface area contributed by atoms with Crippen molar-refractivity contribution >= 4 is 63.1 Å². The number of halogens is 1. The molecule has 2 aromatic carbocycles. The summed E-state index contributed by atoms with van der Waals surface area (Å²) in [6, 6.07) is 18.4. The van der Waals surface area contributed by atoms with Crippen molar-refractivity contribution in [3.63, 3.8) is 0 Å². The Balaban J connectivity index is 1.44. The number of thioether (sulfide) groups is 1. The number of ether oxygens (including phenoxy) is 1. The lowest BCUT2D eigenvalue weighted by Gasteiger charge is -2.02. The van der Waals surface area contributed by atoms with Crippen molar-refractivity contribution in [1.29, 1.82) is 0 Å². The summed E-state index contributed by atoms with van der Waals surface area (Å²) in [6.45, 7) is 0.418. The van der Waals surface area contributed by atoms with E-state index in [2.05, 4.69) is 10.3 Å². The van der Waals surface area contributed by atoms with E-state index in [1.807, 2.05) is 53.2 Å². The molecule has 0 aliphatic carbocycles. The number of carbonyl (C=O) groups excluding carboxylic acids is 2. The molecular formula is C25H18ClN3O4S. The molecule has 3 heterocycles. The topological polar surface area (TPSA) is 85.8 Å². The maximum atomic E-state index is 12.6. The number of esters is 1. The van der Waals surface area contributed by atoms with Crippen LogP contribution in [-0.4, -0.2) is 28.7 Å². The maximum Gasteiger partial charge on any atom is 0.373 e. The fourth-order valence-electron chi connectivity index (χ4n) is 3.65. The van der Waals surface area contributed by atoms with Gasteiger partial charge in [-0.3, -0.25) is 4.79 Å². The predicted octanol–water partition coefficient (Wildman–Crippen LogP) is 5.61. The number of nitrogens with one attached hydrogen (secondary N) is 1. The first-order valence-corrected chi connectivity index (χ1v) is 11.5. The molecule has 1 saturated heterocycles. The van der Waals surface area contributed by atoms with E-state index < -0.39 is 5.97 Å². The van der Waals surface area contributed by atoms with Gasteiger partial charge < -0.3 is 19.0 Å². The molecule has 0 radical (unpaired) electrons. The zero-order valence-corrected chi connectivity index (χ0v) is 19.5. The molecule has 1 fully saturated rings. The Bertz CT molecular complexity index is 1480. The minimum absolute atomic E-state index is 0.154. The van der Waals surface area contributed by atoms with E-state index in [1.54, 1.807) is 24.3 Å². The van der Waals surface area contributed by atoms with Gasteiger partial charge in [-0.15, -0.1) is 0 Å². The first kappa shape index (κ1) is 22.1. The predicted molar refractivity (Wildman–Crippen MR) is 133 cm³/mol. The van der Waals surface area contributed by atoms with Gasteiger partial charge in [0.2, 0.25) is 5.76 Å². The number of hydrogen-bond acceptors (Lipinski definition) is 6. The van der Waals surface area contributed by atoms with Crippen molar-refractivity contribution < 1.29 is 18.7 Å². The molecule has 0 saturated carbocycles. The molecule has 34 heavy (non-hydrogen) atoms. The summed E-state index contributed by atoms with van der Waals surface area (Å²) in [7, 11) is 1.31. The molecule has 1 amide bonds. The molecule has 1 aliphatic heterocycles. The Morgan fingerprint density at radius 2 is 2.06 bits per heavy atom. The quantitative estimate of drug-likeness (QED) is 0.289. The average Bonchev–Trinajstić information content (AvgIpc) is 3.52. The van der Waals surface area contributed by atoms with Gasteiger partial charge in [0.05, 0.1) is 24.2 Å². The van der Waals surface area contributed by atoms with Crippen LogP contribution in [0.3, 0.4) is 0 Å². The van der Waals surface area contributed by atoms with Gasteiger partial charge >= 0.3 is 5.97 Å². The zero-order chi connectivity index (χ0) is 23.7. The summed E-state index contributed by atoms with van der Waals surface area (Å²) in [5, 5.41) is 4.86. The summed E-state index contributed by atoms with van der Waals surface area (Å²) in [5.74, 6) is 0.0380. The summed E-state index contributed by atoms with van der Waals surface area (Å²) in [5.41, 5.74) is 2.52. The van der Waals surface area contributed by atoms with Crippen molar-refractivity contribution in [1.82, 2.24) is 9.88 Å². The number of nitrogens with zero attached hydrogens (tertiary/aromatic N) is 2. The largest absolute Gasteiger partial charge is 0.463 e. The highest BCUT2D eigenvalue weighted by molar-refractivity contribution is 8.18. The molecule has 0 atom stereocenters. The highest BCUT2D eigenvalue weighted by atomic mass is 35.5. The van der Waals surface area contributed by atoms with Gasteiger partial charge in [0.25, 0.3) is 5.91 Å². The summed E-state index contributed by atoms with van der Waals surface area (Å²) in [4.78, 5) is 29.3. The Labute approximate surface area is 204 Å². The van der Waals surface area contributed by atoms with E-state index in [-0.39, 0.29) is 11.7 Å². The Kier molecular flexibility index (Phi) is 6.00. The zero-order valence-electron chi connectivity index (χ0n) is 17.9. The summed E-state index contributed by atoms with van der Waals surface area (Å²) in [6.07, 6.45) is 3.80. The SMILES string of the molecule is COC(=O)c1ccc(Cn2cc(/C=C3\SC(=Nc4cccc(Cl)c4)NC3=O)c3ccccc32)o1. The van der Waals surface area contributed by atoms with Crippen LogP contribution in [0, 0.1) is 0 Å². The Morgan fingerprint density at radius 1 is 1.21 bits per heavy atom. The standard InChI is InChI=1S/C25H18ClN3O4S/c1-32-24(31)21-10-9-18(33-21)14-29-13-15(19-7-2-3-8-20(19)29)11-22-23(30)28-25(34-22)27-17-6-4-5-16(26)12-17/h2-13H,14H2,1H3,(H,27,28,30)/b22-11-. The highest BCUT2D eigenvalue weighted by Gasteiger charge is 2.24. The number of aromatic nitrogens is 1. The average molecular weight is 492 g/mol. The van der Waals surface area contributed by atoms with Crippen LogP contribution < -0.4 is 5.32 Å². The number of furan rings is 1. The molecule has 2 aromatic heterocycles. The number of fused-ring (bicyclic) bond motifs is 1. The van der Waals surface area contributed by atoms with Crippen molar-refractivity contribution in [2.75, 3.05) is 7.11 Å². The second kappa shape index (κ2) is 9.24. The van der Waals surface area contributed by atoms with Gasteiger partial charge in [0, 0.05) is 27.7 Å². The third kappa shape index (κ3) is 4.50. The number of rotatable bonds is 5. The van der Waals surface area contributed by atoms with E-state index >= 15 is 0 Å². The first-order valence-electron chi connectivity index (χ1n) is 10.3. The number of para-hydroxylation sites is 1. The fraction of sp³-hybridized carbons (Fsp3) is 0.0800. The second-order valence-corrected chi connectivity index (χ2v) is 8.92. The third-order valence-electron chi connectivity index (χ3n) is 5.17. The number of methoxy groups -OCH3 is 1. The van der Waals surface area contributed by atoms with E-state index in [9.17, 15) is 9.59 Å². The third-order valence-corrected chi connectivity index (χ3v) is 6.32. The molecule has 9 heteroatoms. The van der Waals surface area contributed by atoms with Crippen LogP contribution in [-0.2, 0) is 16.1 Å². The molecular weight excluding hydrogens is 474 g/mol. The normalized spacial score (nSPS) is 15.9. The highest BCUT2D eigenvalue weighted by Crippen LogP contribution is 2.31. The summed E-state index contributed by atoms with van der Waals surface area (Å²) < 4.78 is 12.3. The number of carbonyl (C=O) groups is 2. The lowest BCUT2D eigenvalue weighted by molar-refractivity contribution is -0.115. The van der Waals surface area contributed by atoms with Crippen molar-refractivity contribution in [2.45, 2.75) is 6.54 Å². The molecule has 4 aromatic rings. The smallest absolute Gasteiger partial charge is 0.373 e. The molecule has 5 rings (SSSR count). The molecule has 7 nitrogen and oxygen atoms in total. The van der Waals surface area contributed by atoms with Gasteiger partial charge in [-0.05, 0) is 54.2 Å². The van der Waals surface area contributed by atoms with Crippen LogP contribution in [0.15, 0.2) is 81.2 Å². The van der Waals surface area contributed by atoms with E-state index in [0.717, 1.165) is 16.5 Å². The van der Waals surface area contributed by atoms with Gasteiger partial charge in [0.1, 0.15) is 5.76 Å². The number of amides is 1. The molecule has 1 N–H and O–H groups in total. The maximum absolute atomic E-state index is 12.6. The van der Waals surface area contributed by atoms with Gasteiger partial charge in [0.15, 0.2) is 5.17 Å². The first-order chi connectivity index (χ1) is 16.5. The number of aliphatic imine (C=N–C) groups is 1. The van der Waals surface area contributed by atoms with Crippen molar-refractivity contribution in [2.24, 2.45) is 4.99 Å².